The summed E-state index contributed by atoms with van der Waals surface area (Å²) in [5.74, 6) is -2.11. The van der Waals surface area contributed by atoms with Crippen LogP contribution >= 0.6 is 0 Å². The summed E-state index contributed by atoms with van der Waals surface area (Å²) in [6, 6.07) is 0. The minimum Gasteiger partial charge on any atom is -0.462 e. The summed E-state index contributed by atoms with van der Waals surface area (Å²) in [5.41, 5.74) is 2.13. The molecule has 1 heterocycles. The normalized spacial score (nSPS) is 28.0. The Morgan fingerprint density at radius 2 is 2.03 bits per heavy atom. The zero-order valence-corrected chi connectivity index (χ0v) is 17.3. The van der Waals surface area contributed by atoms with Gasteiger partial charge in [-0.05, 0) is 44.9 Å². The number of fused-ring (bicyclic) bond motifs is 1. The highest BCUT2D eigenvalue weighted by molar-refractivity contribution is 5.92. The molecule has 0 bridgehead atoms. The van der Waals surface area contributed by atoms with E-state index in [1.54, 1.807) is 19.9 Å². The molecule has 4 unspecified atom stereocenters. The van der Waals surface area contributed by atoms with Gasteiger partial charge in [0.05, 0.1) is 12.0 Å². The molecular weight excluding hydrogens is 376 g/mol. The number of aliphatic hydroxyl groups is 1. The second-order valence-corrected chi connectivity index (χ2v) is 7.47. The molecule has 1 saturated heterocycles. The standard InChI is InChI=1S/C22H28O7/c1-12-6-7-17(24)14(3)11-19-20(15(4)22(26)29-19)18(10-12)28-21(25)13(2)8-9-27-16(5)23/h6,8,11,17-20,24H,4,7,9-10H2,1-3,5H3. The fraction of sp³-hybridized carbons (Fsp3) is 0.500. The summed E-state index contributed by atoms with van der Waals surface area (Å²) in [7, 11) is 0. The summed E-state index contributed by atoms with van der Waals surface area (Å²) < 4.78 is 16.0. The molecular formula is C22H28O7. The Morgan fingerprint density at radius 1 is 1.34 bits per heavy atom. The quantitative estimate of drug-likeness (QED) is 0.333. The molecule has 0 aromatic heterocycles. The number of hydrogen-bond donors (Lipinski definition) is 1. The maximum atomic E-state index is 12.6. The number of esters is 3. The monoisotopic (exact) mass is 404 g/mol. The molecule has 0 aromatic rings. The Balaban J connectivity index is 2.29. The van der Waals surface area contributed by atoms with Crippen LogP contribution in [0, 0.1) is 5.92 Å². The van der Waals surface area contributed by atoms with Crippen molar-refractivity contribution in [3.8, 4) is 0 Å². The summed E-state index contributed by atoms with van der Waals surface area (Å²) >= 11 is 0. The fourth-order valence-electron chi connectivity index (χ4n) is 3.29. The first-order chi connectivity index (χ1) is 13.6. The van der Waals surface area contributed by atoms with Gasteiger partial charge in [-0.2, -0.15) is 0 Å². The zero-order valence-electron chi connectivity index (χ0n) is 17.3. The van der Waals surface area contributed by atoms with Crippen LogP contribution in [0.3, 0.4) is 0 Å². The molecule has 158 valence electrons. The third kappa shape index (κ3) is 5.90. The van der Waals surface area contributed by atoms with Gasteiger partial charge in [0.15, 0.2) is 0 Å². The maximum absolute atomic E-state index is 12.6. The van der Waals surface area contributed by atoms with E-state index < -0.39 is 42.1 Å². The number of aliphatic hydroxyl groups excluding tert-OH is 1. The lowest BCUT2D eigenvalue weighted by Gasteiger charge is -2.28. The average Bonchev–Trinajstić information content (AvgIpc) is 2.91. The first-order valence-corrected chi connectivity index (χ1v) is 9.53. The largest absolute Gasteiger partial charge is 0.462 e. The molecule has 1 fully saturated rings. The molecule has 2 aliphatic rings. The average molecular weight is 404 g/mol. The van der Waals surface area contributed by atoms with Crippen LogP contribution in [0.2, 0.25) is 0 Å². The number of carbonyl (C=O) groups excluding carboxylic acids is 3. The SMILES string of the molecule is C=C1C(=O)OC2C=C(C)C(O)CC=C(C)CC(OC(=O)C(C)=CCOC(C)=O)C12. The van der Waals surface area contributed by atoms with Gasteiger partial charge in [-0.1, -0.05) is 18.2 Å². The van der Waals surface area contributed by atoms with E-state index in [0.29, 0.717) is 24.0 Å². The van der Waals surface area contributed by atoms with Crippen LogP contribution in [-0.2, 0) is 28.6 Å². The smallest absolute Gasteiger partial charge is 0.334 e. The van der Waals surface area contributed by atoms with Crippen LogP contribution in [-0.4, -0.2) is 47.9 Å². The van der Waals surface area contributed by atoms with E-state index >= 15 is 0 Å². The van der Waals surface area contributed by atoms with Crippen LogP contribution in [0.25, 0.3) is 0 Å². The molecule has 0 amide bonds. The van der Waals surface area contributed by atoms with Gasteiger partial charge < -0.3 is 19.3 Å². The van der Waals surface area contributed by atoms with Crippen molar-refractivity contribution in [2.24, 2.45) is 5.92 Å². The van der Waals surface area contributed by atoms with Gasteiger partial charge in [0, 0.05) is 24.5 Å². The van der Waals surface area contributed by atoms with Crippen LogP contribution in [0.15, 0.2) is 47.1 Å². The van der Waals surface area contributed by atoms with Gasteiger partial charge in [-0.3, -0.25) is 4.79 Å². The molecule has 1 aliphatic heterocycles. The van der Waals surface area contributed by atoms with Crippen LogP contribution in [0.4, 0.5) is 0 Å². The van der Waals surface area contributed by atoms with Crippen molar-refractivity contribution in [3.05, 3.63) is 47.1 Å². The Hall–Kier alpha value is -2.67. The van der Waals surface area contributed by atoms with Crippen molar-refractivity contribution in [3.63, 3.8) is 0 Å². The molecule has 2 rings (SSSR count). The number of hydrogen-bond acceptors (Lipinski definition) is 7. The van der Waals surface area contributed by atoms with Gasteiger partial charge in [0.25, 0.3) is 0 Å². The van der Waals surface area contributed by atoms with Crippen LogP contribution in [0.1, 0.15) is 40.5 Å². The highest BCUT2D eigenvalue weighted by Crippen LogP contribution is 2.36. The molecule has 0 aromatic carbocycles. The van der Waals surface area contributed by atoms with Crippen LogP contribution in [0.5, 0.6) is 0 Å². The highest BCUT2D eigenvalue weighted by atomic mass is 16.6. The zero-order chi connectivity index (χ0) is 21.7. The van der Waals surface area contributed by atoms with Crippen molar-refractivity contribution in [2.75, 3.05) is 6.61 Å². The number of ether oxygens (including phenoxy) is 3. The summed E-state index contributed by atoms with van der Waals surface area (Å²) in [4.78, 5) is 35.6. The molecule has 7 heteroatoms. The molecule has 29 heavy (non-hydrogen) atoms. The Labute approximate surface area is 170 Å². The summed E-state index contributed by atoms with van der Waals surface area (Å²) in [6.45, 7) is 10.3. The summed E-state index contributed by atoms with van der Waals surface area (Å²) in [5, 5.41) is 10.3. The third-order valence-electron chi connectivity index (χ3n) is 5.08. The molecule has 7 nitrogen and oxygen atoms in total. The van der Waals surface area contributed by atoms with E-state index in [2.05, 4.69) is 6.58 Å². The maximum Gasteiger partial charge on any atom is 0.334 e. The molecule has 4 atom stereocenters. The van der Waals surface area contributed by atoms with E-state index in [4.69, 9.17) is 14.2 Å². The fourth-order valence-corrected chi connectivity index (χ4v) is 3.29. The van der Waals surface area contributed by atoms with Crippen LogP contribution < -0.4 is 0 Å². The minimum atomic E-state index is -0.677. The van der Waals surface area contributed by atoms with E-state index in [9.17, 15) is 19.5 Å². The Kier molecular flexibility index (Phi) is 7.56. The van der Waals surface area contributed by atoms with Gasteiger partial charge in [-0.15, -0.1) is 0 Å². The molecule has 0 radical (unpaired) electrons. The van der Waals surface area contributed by atoms with Gasteiger partial charge in [0.1, 0.15) is 18.8 Å². The first kappa shape index (κ1) is 22.6. The minimum absolute atomic E-state index is 0.0277. The van der Waals surface area contributed by atoms with E-state index in [-0.39, 0.29) is 12.2 Å². The molecule has 1 aliphatic carbocycles. The second-order valence-electron chi connectivity index (χ2n) is 7.47. The lowest BCUT2D eigenvalue weighted by molar-refractivity contribution is -0.147. The summed E-state index contributed by atoms with van der Waals surface area (Å²) in [6.07, 6.45) is 3.84. The third-order valence-corrected chi connectivity index (χ3v) is 5.08. The van der Waals surface area contributed by atoms with Gasteiger partial charge in [-0.25, -0.2) is 9.59 Å². The first-order valence-electron chi connectivity index (χ1n) is 9.53. The van der Waals surface area contributed by atoms with Crippen molar-refractivity contribution < 1.29 is 33.7 Å². The van der Waals surface area contributed by atoms with E-state index in [1.165, 1.54) is 13.0 Å². The van der Waals surface area contributed by atoms with Crippen molar-refractivity contribution >= 4 is 17.9 Å². The molecule has 0 spiro atoms. The Bertz CT molecular complexity index is 787. The lowest BCUT2D eigenvalue weighted by atomic mass is 9.85. The topological polar surface area (TPSA) is 99.1 Å². The highest BCUT2D eigenvalue weighted by Gasteiger charge is 2.44. The number of carbonyl (C=O) groups is 3. The van der Waals surface area contributed by atoms with E-state index in [1.807, 2.05) is 13.0 Å². The lowest BCUT2D eigenvalue weighted by Crippen LogP contribution is -2.34. The number of rotatable bonds is 4. The second kappa shape index (κ2) is 9.69. The predicted molar refractivity (Wildman–Crippen MR) is 106 cm³/mol. The molecule has 0 saturated carbocycles. The Morgan fingerprint density at radius 3 is 2.69 bits per heavy atom. The van der Waals surface area contributed by atoms with Crippen molar-refractivity contribution in [2.45, 2.75) is 58.8 Å². The predicted octanol–water partition coefficient (Wildman–Crippen LogP) is 2.55. The van der Waals surface area contributed by atoms with Gasteiger partial charge >= 0.3 is 17.9 Å². The van der Waals surface area contributed by atoms with Crippen molar-refractivity contribution in [1.29, 1.82) is 0 Å². The van der Waals surface area contributed by atoms with Crippen molar-refractivity contribution in [1.82, 2.24) is 0 Å². The molecule has 1 N–H and O–H groups in total. The van der Waals surface area contributed by atoms with E-state index in [0.717, 1.165) is 5.57 Å². The van der Waals surface area contributed by atoms with Gasteiger partial charge in [0.2, 0.25) is 0 Å².